The summed E-state index contributed by atoms with van der Waals surface area (Å²) in [6, 6.07) is 7.14. The Hall–Kier alpha value is -1.58. The summed E-state index contributed by atoms with van der Waals surface area (Å²) in [5.74, 6) is -2.91. The minimum atomic E-state index is -2.37. The first-order valence-electron chi connectivity index (χ1n) is 5.99. The lowest BCUT2D eigenvalue weighted by atomic mass is 10.0. The average molecular weight is 252 g/mol. The van der Waals surface area contributed by atoms with Crippen LogP contribution in [0.2, 0.25) is 0 Å². The summed E-state index contributed by atoms with van der Waals surface area (Å²) < 4.78 is 24.7. The number of ether oxygens (including phenoxy) is 2. The molecule has 0 amide bonds. The molecule has 0 aliphatic carbocycles. The summed E-state index contributed by atoms with van der Waals surface area (Å²) in [6.07, 6.45) is 0.449. The largest absolute Gasteiger partial charge is 0.455 e. The normalized spacial score (nSPS) is 22.9. The van der Waals surface area contributed by atoms with E-state index in [2.05, 4.69) is 0 Å². The van der Waals surface area contributed by atoms with Crippen LogP contribution in [0.1, 0.15) is 32.8 Å². The third-order valence-corrected chi connectivity index (χ3v) is 2.66. The van der Waals surface area contributed by atoms with Crippen molar-refractivity contribution in [2.75, 3.05) is 0 Å². The molecule has 1 heterocycles. The summed E-state index contributed by atoms with van der Waals surface area (Å²) in [4.78, 5) is 11.8. The highest BCUT2D eigenvalue weighted by Gasteiger charge is 2.47. The first-order valence-corrected chi connectivity index (χ1v) is 5.99. The first-order chi connectivity index (χ1) is 8.30. The second-order valence-corrected chi connectivity index (χ2v) is 5.44. The minimum Gasteiger partial charge on any atom is -0.455 e. The van der Waals surface area contributed by atoms with E-state index in [1.165, 1.54) is 0 Å². The Morgan fingerprint density at radius 1 is 1.39 bits per heavy atom. The van der Waals surface area contributed by atoms with Crippen LogP contribution in [0.25, 0.3) is 0 Å². The molecule has 0 saturated heterocycles. The number of halogens is 1. The lowest BCUT2D eigenvalue weighted by molar-refractivity contribution is -0.194. The van der Waals surface area contributed by atoms with Crippen LogP contribution in [0.4, 0.5) is 4.39 Å². The fourth-order valence-corrected chi connectivity index (χ4v) is 1.83. The van der Waals surface area contributed by atoms with E-state index in [4.69, 9.17) is 9.47 Å². The van der Waals surface area contributed by atoms with Crippen molar-refractivity contribution in [2.24, 2.45) is 0 Å². The van der Waals surface area contributed by atoms with Gasteiger partial charge in [0.2, 0.25) is 0 Å². The van der Waals surface area contributed by atoms with Crippen molar-refractivity contribution in [1.82, 2.24) is 0 Å². The number of benzene rings is 1. The molecule has 1 unspecified atom stereocenters. The summed E-state index contributed by atoms with van der Waals surface area (Å²) in [6.45, 7) is 5.10. The van der Waals surface area contributed by atoms with Crippen molar-refractivity contribution >= 4 is 5.97 Å². The van der Waals surface area contributed by atoms with Crippen molar-refractivity contribution in [3.05, 3.63) is 29.8 Å². The van der Waals surface area contributed by atoms with Gasteiger partial charge in [0, 0.05) is 6.42 Å². The number of hydrogen-bond acceptors (Lipinski definition) is 3. The molecular formula is C14H17FO3. The maximum Gasteiger partial charge on any atom is 0.385 e. The molecule has 1 aromatic carbocycles. The molecule has 0 radical (unpaired) electrons. The van der Waals surface area contributed by atoms with Crippen molar-refractivity contribution in [3.8, 4) is 5.75 Å². The lowest BCUT2D eigenvalue weighted by Crippen LogP contribution is -2.46. The smallest absolute Gasteiger partial charge is 0.385 e. The van der Waals surface area contributed by atoms with Gasteiger partial charge in [0.1, 0.15) is 11.4 Å². The highest BCUT2D eigenvalue weighted by Crippen LogP contribution is 2.35. The predicted octanol–water partition coefficient (Wildman–Crippen LogP) is 3.02. The van der Waals surface area contributed by atoms with E-state index in [1.807, 2.05) is 12.1 Å². The van der Waals surface area contributed by atoms with E-state index in [0.29, 0.717) is 12.2 Å². The van der Waals surface area contributed by atoms with Gasteiger partial charge in [-0.3, -0.25) is 0 Å². The van der Waals surface area contributed by atoms with Gasteiger partial charge in [-0.05, 0) is 38.8 Å². The average Bonchev–Trinajstić information content (AvgIpc) is 2.26. The van der Waals surface area contributed by atoms with Crippen LogP contribution < -0.4 is 4.74 Å². The van der Waals surface area contributed by atoms with Crippen LogP contribution in [-0.2, 0) is 16.0 Å². The quantitative estimate of drug-likeness (QED) is 0.721. The molecule has 98 valence electrons. The third kappa shape index (κ3) is 2.63. The summed E-state index contributed by atoms with van der Waals surface area (Å²) in [5.41, 5.74) is 0.186. The van der Waals surface area contributed by atoms with E-state index in [0.717, 1.165) is 5.56 Å². The number of para-hydroxylation sites is 1. The SMILES string of the molecule is CC(C)(C)OC(=O)C1(F)CCc2ccccc2O1. The number of aryl methyl sites for hydroxylation is 1. The molecule has 0 spiro atoms. The number of alkyl halides is 1. The van der Waals surface area contributed by atoms with Crippen LogP contribution in [0, 0.1) is 0 Å². The van der Waals surface area contributed by atoms with Crippen LogP contribution in [0.15, 0.2) is 24.3 Å². The lowest BCUT2D eigenvalue weighted by Gasteiger charge is -2.32. The van der Waals surface area contributed by atoms with Gasteiger partial charge in [-0.2, -0.15) is 4.39 Å². The second-order valence-electron chi connectivity index (χ2n) is 5.44. The zero-order valence-corrected chi connectivity index (χ0v) is 10.8. The Bertz CT molecular complexity index is 464. The minimum absolute atomic E-state index is 0.0150. The van der Waals surface area contributed by atoms with Gasteiger partial charge in [-0.25, -0.2) is 4.79 Å². The number of esters is 1. The molecule has 1 aromatic rings. The Morgan fingerprint density at radius 3 is 2.72 bits per heavy atom. The standard InChI is InChI=1S/C14H17FO3/c1-13(2,3)18-12(16)14(15)9-8-10-6-4-5-7-11(10)17-14/h4-7H,8-9H2,1-3H3. The van der Waals surface area contributed by atoms with Crippen molar-refractivity contribution in [3.63, 3.8) is 0 Å². The zero-order valence-electron chi connectivity index (χ0n) is 10.8. The molecule has 0 bridgehead atoms. The molecule has 1 atom stereocenters. The Kier molecular flexibility index (Phi) is 3.05. The van der Waals surface area contributed by atoms with E-state index in [1.54, 1.807) is 32.9 Å². The maximum absolute atomic E-state index is 14.5. The molecule has 0 saturated carbocycles. The summed E-state index contributed by atoms with van der Waals surface area (Å²) >= 11 is 0. The van der Waals surface area contributed by atoms with E-state index in [9.17, 15) is 9.18 Å². The number of fused-ring (bicyclic) bond motifs is 1. The molecular weight excluding hydrogens is 235 g/mol. The van der Waals surface area contributed by atoms with Crippen LogP contribution in [-0.4, -0.2) is 17.4 Å². The molecule has 0 fully saturated rings. The molecule has 0 aromatic heterocycles. The van der Waals surface area contributed by atoms with E-state index < -0.39 is 17.4 Å². The maximum atomic E-state index is 14.5. The zero-order chi connectivity index (χ0) is 13.4. The fraction of sp³-hybridized carbons (Fsp3) is 0.500. The summed E-state index contributed by atoms with van der Waals surface area (Å²) in [5, 5.41) is 0. The number of carbonyl (C=O) groups excluding carboxylic acids is 1. The van der Waals surface area contributed by atoms with Crippen molar-refractivity contribution in [1.29, 1.82) is 0 Å². The number of hydrogen-bond donors (Lipinski definition) is 0. The molecule has 1 aliphatic heterocycles. The van der Waals surface area contributed by atoms with Gasteiger partial charge < -0.3 is 9.47 Å². The van der Waals surface area contributed by atoms with Crippen LogP contribution in [0.5, 0.6) is 5.75 Å². The monoisotopic (exact) mass is 252 g/mol. The predicted molar refractivity (Wildman–Crippen MR) is 65.1 cm³/mol. The van der Waals surface area contributed by atoms with Crippen LogP contribution >= 0.6 is 0 Å². The van der Waals surface area contributed by atoms with E-state index >= 15 is 0 Å². The third-order valence-electron chi connectivity index (χ3n) is 2.66. The van der Waals surface area contributed by atoms with Gasteiger partial charge in [0.05, 0.1) is 0 Å². The molecule has 2 rings (SSSR count). The van der Waals surface area contributed by atoms with Gasteiger partial charge >= 0.3 is 11.8 Å². The highest BCUT2D eigenvalue weighted by molar-refractivity contribution is 5.79. The van der Waals surface area contributed by atoms with Crippen molar-refractivity contribution < 1.29 is 18.7 Å². The van der Waals surface area contributed by atoms with Gasteiger partial charge in [0.15, 0.2) is 0 Å². The Balaban J connectivity index is 2.18. The second kappa shape index (κ2) is 4.26. The topological polar surface area (TPSA) is 35.5 Å². The fourth-order valence-electron chi connectivity index (χ4n) is 1.83. The Labute approximate surface area is 106 Å². The van der Waals surface area contributed by atoms with Crippen molar-refractivity contribution in [2.45, 2.75) is 45.1 Å². The van der Waals surface area contributed by atoms with Gasteiger partial charge in [-0.1, -0.05) is 18.2 Å². The highest BCUT2D eigenvalue weighted by atomic mass is 19.2. The molecule has 3 nitrogen and oxygen atoms in total. The number of carbonyl (C=O) groups is 1. The van der Waals surface area contributed by atoms with Gasteiger partial charge in [0.25, 0.3) is 0 Å². The number of rotatable bonds is 1. The molecule has 4 heteroatoms. The molecule has 18 heavy (non-hydrogen) atoms. The molecule has 1 aliphatic rings. The Morgan fingerprint density at radius 2 is 2.06 bits per heavy atom. The van der Waals surface area contributed by atoms with E-state index in [-0.39, 0.29) is 6.42 Å². The van der Waals surface area contributed by atoms with Gasteiger partial charge in [-0.15, -0.1) is 0 Å². The molecule has 0 N–H and O–H groups in total. The van der Waals surface area contributed by atoms with Crippen LogP contribution in [0.3, 0.4) is 0 Å². The first kappa shape index (κ1) is 12.9. The summed E-state index contributed by atoms with van der Waals surface area (Å²) in [7, 11) is 0.